The van der Waals surface area contributed by atoms with Crippen LogP contribution in [0.25, 0.3) is 10.9 Å². The molecular formula is C12H7NO3. The van der Waals surface area contributed by atoms with Gasteiger partial charge >= 0.3 is 0 Å². The summed E-state index contributed by atoms with van der Waals surface area (Å²) in [5, 5.41) is 0.574. The molecule has 2 aromatic rings. The van der Waals surface area contributed by atoms with Crippen LogP contribution in [0.5, 0.6) is 0 Å². The molecule has 0 aliphatic heterocycles. The van der Waals surface area contributed by atoms with Gasteiger partial charge in [-0.15, -0.1) is 0 Å². The van der Waals surface area contributed by atoms with Gasteiger partial charge in [0.1, 0.15) is 0 Å². The van der Waals surface area contributed by atoms with Crippen LogP contribution in [-0.2, 0) is 9.59 Å². The van der Waals surface area contributed by atoms with Gasteiger partial charge in [-0.1, -0.05) is 18.2 Å². The van der Waals surface area contributed by atoms with Gasteiger partial charge in [-0.05, 0) is 12.1 Å². The van der Waals surface area contributed by atoms with Crippen LogP contribution >= 0.6 is 0 Å². The Hall–Kier alpha value is -2.36. The molecule has 0 unspecified atom stereocenters. The number of carbonyl (C=O) groups excluding carboxylic acids is 3. The Kier molecular flexibility index (Phi) is 2.55. The van der Waals surface area contributed by atoms with Crippen LogP contribution in [0.2, 0.25) is 0 Å². The molecule has 1 heterocycles. The van der Waals surface area contributed by atoms with Crippen molar-refractivity contribution in [3.63, 3.8) is 0 Å². The van der Waals surface area contributed by atoms with Crippen molar-refractivity contribution in [1.29, 1.82) is 0 Å². The Morgan fingerprint density at radius 3 is 2.62 bits per heavy atom. The molecule has 0 saturated heterocycles. The van der Waals surface area contributed by atoms with E-state index in [1.807, 2.05) is 0 Å². The number of benzene rings is 1. The second kappa shape index (κ2) is 4.02. The van der Waals surface area contributed by atoms with Gasteiger partial charge in [0.2, 0.25) is 5.78 Å². The number of hydrogen-bond donors (Lipinski definition) is 0. The van der Waals surface area contributed by atoms with Crippen LogP contribution in [0, 0.1) is 0 Å². The maximum absolute atomic E-state index is 11.6. The molecule has 0 fully saturated rings. The number of Topliss-reactive ketones (excluding diaryl/α,β-unsaturated/α-hetero) is 2. The fourth-order valence-electron chi connectivity index (χ4n) is 1.48. The monoisotopic (exact) mass is 213 g/mol. The van der Waals surface area contributed by atoms with Gasteiger partial charge in [0, 0.05) is 17.1 Å². The van der Waals surface area contributed by atoms with Crippen molar-refractivity contribution in [2.24, 2.45) is 0 Å². The van der Waals surface area contributed by atoms with E-state index in [4.69, 9.17) is 0 Å². The molecular weight excluding hydrogens is 206 g/mol. The molecule has 4 heteroatoms. The number of carbonyl (C=O) groups is 3. The van der Waals surface area contributed by atoms with E-state index < -0.39 is 11.6 Å². The first-order valence-electron chi connectivity index (χ1n) is 4.61. The first-order valence-corrected chi connectivity index (χ1v) is 4.61. The van der Waals surface area contributed by atoms with Crippen LogP contribution in [0.1, 0.15) is 10.4 Å². The average molecular weight is 213 g/mol. The second-order valence-corrected chi connectivity index (χ2v) is 3.19. The maximum atomic E-state index is 11.6. The molecule has 0 amide bonds. The zero-order valence-electron chi connectivity index (χ0n) is 8.21. The molecule has 4 nitrogen and oxygen atoms in total. The van der Waals surface area contributed by atoms with Gasteiger partial charge in [-0.2, -0.15) is 0 Å². The highest BCUT2D eigenvalue weighted by atomic mass is 16.2. The third-order valence-electron chi connectivity index (χ3n) is 2.22. The van der Waals surface area contributed by atoms with Crippen LogP contribution in [0.15, 0.2) is 36.5 Å². The van der Waals surface area contributed by atoms with Gasteiger partial charge < -0.3 is 0 Å². The van der Waals surface area contributed by atoms with Crippen molar-refractivity contribution in [1.82, 2.24) is 4.98 Å². The lowest BCUT2D eigenvalue weighted by Gasteiger charge is -2.01. The van der Waals surface area contributed by atoms with Gasteiger partial charge in [-0.3, -0.25) is 19.4 Å². The number of aromatic nitrogens is 1. The first kappa shape index (κ1) is 10.2. The molecule has 0 saturated carbocycles. The minimum absolute atomic E-state index is 0.0253. The van der Waals surface area contributed by atoms with Crippen molar-refractivity contribution >= 4 is 28.8 Å². The molecule has 1 aromatic carbocycles. The molecule has 0 radical (unpaired) electrons. The molecule has 16 heavy (non-hydrogen) atoms. The normalized spacial score (nSPS) is 10.0. The number of fused-ring (bicyclic) bond motifs is 1. The van der Waals surface area contributed by atoms with E-state index in [1.54, 1.807) is 24.3 Å². The predicted octanol–water partition coefficient (Wildman–Crippen LogP) is 1.19. The Balaban J connectivity index is 2.65. The molecule has 0 atom stereocenters. The molecule has 2 rings (SSSR count). The zero-order chi connectivity index (χ0) is 11.5. The van der Waals surface area contributed by atoms with Crippen molar-refractivity contribution < 1.29 is 14.4 Å². The summed E-state index contributed by atoms with van der Waals surface area (Å²) in [7, 11) is 0. The van der Waals surface area contributed by atoms with Gasteiger partial charge in [0.05, 0.1) is 5.52 Å². The predicted molar refractivity (Wildman–Crippen MR) is 57.1 cm³/mol. The summed E-state index contributed by atoms with van der Waals surface area (Å²) in [5.74, 6) is -1.84. The maximum Gasteiger partial charge on any atom is 0.265 e. The SMILES string of the molecule is O=CC(=O)C(=O)c1ccnc2ccccc12. The minimum atomic E-state index is -1.05. The number of aldehydes is 1. The summed E-state index contributed by atoms with van der Waals surface area (Å²) in [6, 6.07) is 8.38. The van der Waals surface area contributed by atoms with E-state index in [2.05, 4.69) is 4.98 Å². The van der Waals surface area contributed by atoms with E-state index in [1.165, 1.54) is 12.3 Å². The molecule has 0 bridgehead atoms. The van der Waals surface area contributed by atoms with Crippen LogP contribution < -0.4 is 0 Å². The van der Waals surface area contributed by atoms with E-state index in [-0.39, 0.29) is 11.8 Å². The van der Waals surface area contributed by atoms with Gasteiger partial charge in [0.25, 0.3) is 5.78 Å². The Bertz CT molecular complexity index is 584. The second-order valence-electron chi connectivity index (χ2n) is 3.19. The highest BCUT2D eigenvalue weighted by molar-refractivity contribution is 6.62. The van der Waals surface area contributed by atoms with Gasteiger partial charge in [-0.25, -0.2) is 0 Å². The number of rotatable bonds is 3. The van der Waals surface area contributed by atoms with Crippen LogP contribution in [0.4, 0.5) is 0 Å². The lowest BCUT2D eigenvalue weighted by Crippen LogP contribution is -2.15. The highest BCUT2D eigenvalue weighted by Crippen LogP contribution is 2.16. The number of ketones is 2. The van der Waals surface area contributed by atoms with E-state index in [0.29, 0.717) is 10.9 Å². The summed E-state index contributed by atoms with van der Waals surface area (Å²) in [4.78, 5) is 36.9. The lowest BCUT2D eigenvalue weighted by molar-refractivity contribution is -0.126. The summed E-state index contributed by atoms with van der Waals surface area (Å²) >= 11 is 0. The van der Waals surface area contributed by atoms with Crippen molar-refractivity contribution in [2.75, 3.05) is 0 Å². The summed E-state index contributed by atoms with van der Waals surface area (Å²) in [5.41, 5.74) is 0.828. The third-order valence-corrected chi connectivity index (χ3v) is 2.22. The van der Waals surface area contributed by atoms with Crippen LogP contribution in [0.3, 0.4) is 0 Å². The fourth-order valence-corrected chi connectivity index (χ4v) is 1.48. The summed E-state index contributed by atoms with van der Waals surface area (Å²) < 4.78 is 0. The first-order chi connectivity index (χ1) is 7.74. The Labute approximate surface area is 90.9 Å². The summed E-state index contributed by atoms with van der Waals surface area (Å²) in [6.07, 6.45) is 1.46. The third kappa shape index (κ3) is 1.61. The van der Waals surface area contributed by atoms with E-state index >= 15 is 0 Å². The molecule has 0 spiro atoms. The number of para-hydroxylation sites is 1. The smallest absolute Gasteiger partial charge is 0.265 e. The molecule has 0 aliphatic carbocycles. The summed E-state index contributed by atoms with van der Waals surface area (Å²) in [6.45, 7) is 0. The Morgan fingerprint density at radius 1 is 1.12 bits per heavy atom. The standard InChI is InChI=1S/C12H7NO3/c14-7-11(15)12(16)9-5-6-13-10-4-2-1-3-8(9)10/h1-7H. The van der Waals surface area contributed by atoms with E-state index in [9.17, 15) is 14.4 Å². The molecule has 78 valence electrons. The van der Waals surface area contributed by atoms with E-state index in [0.717, 1.165) is 0 Å². The number of hydrogen-bond acceptors (Lipinski definition) is 4. The van der Waals surface area contributed by atoms with Crippen LogP contribution in [-0.4, -0.2) is 22.8 Å². The van der Waals surface area contributed by atoms with Gasteiger partial charge in [0.15, 0.2) is 6.29 Å². The highest BCUT2D eigenvalue weighted by Gasteiger charge is 2.17. The van der Waals surface area contributed by atoms with Crippen molar-refractivity contribution in [3.05, 3.63) is 42.1 Å². The topological polar surface area (TPSA) is 64.1 Å². The Morgan fingerprint density at radius 2 is 1.88 bits per heavy atom. The molecule has 0 N–H and O–H groups in total. The molecule has 1 aromatic heterocycles. The lowest BCUT2D eigenvalue weighted by atomic mass is 10.0. The quantitative estimate of drug-likeness (QED) is 0.332. The fraction of sp³-hybridized carbons (Fsp3) is 0. The van der Waals surface area contributed by atoms with Crippen molar-refractivity contribution in [3.8, 4) is 0 Å². The number of pyridine rings is 1. The minimum Gasteiger partial charge on any atom is -0.294 e. The van der Waals surface area contributed by atoms with Crippen molar-refractivity contribution in [2.45, 2.75) is 0 Å². The number of nitrogens with zero attached hydrogens (tertiary/aromatic N) is 1. The zero-order valence-corrected chi connectivity index (χ0v) is 8.21. The largest absolute Gasteiger partial charge is 0.294 e. The average Bonchev–Trinajstić information content (AvgIpc) is 2.36. The molecule has 0 aliphatic rings.